The van der Waals surface area contributed by atoms with Crippen molar-refractivity contribution in [1.82, 2.24) is 4.90 Å². The molecule has 0 bridgehead atoms. The van der Waals surface area contributed by atoms with Gasteiger partial charge in [0.1, 0.15) is 5.82 Å². The van der Waals surface area contributed by atoms with E-state index in [0.29, 0.717) is 23.7 Å². The van der Waals surface area contributed by atoms with Crippen LogP contribution in [0, 0.1) is 30.0 Å². The monoisotopic (exact) mass is 546 g/mol. The molecule has 2 aliphatic rings. The van der Waals surface area contributed by atoms with Crippen molar-refractivity contribution in [3.63, 3.8) is 0 Å². The number of nitrogens with zero attached hydrogens (tertiary/aromatic N) is 3. The molecule has 2 aromatic carbocycles. The fraction of sp³-hybridized carbons (Fsp3) is 0.250. The van der Waals surface area contributed by atoms with Crippen LogP contribution in [0.2, 0.25) is 0 Å². The topological polar surface area (TPSA) is 42.3 Å². The molecular formula is C36H39FN4. The zero-order valence-corrected chi connectivity index (χ0v) is 24.2. The number of halogens is 1. The Morgan fingerprint density at radius 3 is 2.63 bits per heavy atom. The van der Waals surface area contributed by atoms with Gasteiger partial charge in [-0.1, -0.05) is 56.2 Å². The van der Waals surface area contributed by atoms with Crippen LogP contribution < -0.4 is 10.2 Å². The molecule has 2 aliphatic heterocycles. The third-order valence-electron chi connectivity index (χ3n) is 7.60. The van der Waals surface area contributed by atoms with Crippen molar-refractivity contribution in [2.45, 2.75) is 33.1 Å². The summed E-state index contributed by atoms with van der Waals surface area (Å²) in [5, 5.41) is 13.1. The molecule has 5 heteroatoms. The van der Waals surface area contributed by atoms with E-state index in [-0.39, 0.29) is 5.82 Å². The molecule has 0 aliphatic carbocycles. The first-order chi connectivity index (χ1) is 19.8. The van der Waals surface area contributed by atoms with E-state index in [0.717, 1.165) is 71.7 Å². The van der Waals surface area contributed by atoms with Gasteiger partial charge in [-0.25, -0.2) is 4.39 Å². The standard InChI is InChI=1S/C36H39FN4/c1-6-7-8-10-27(3)25-41-18-9-11-33(29(41)5)28(4)39-35-23-31(24-38)13-15-36(35)40-19-16-30(17-20-40)22-32-14-12-26(2)21-34(32)37/h6-15,18,21,23,30,39H,3-5,16-17,19-20,22,25H2,1-2H3/b7-6-,10-8-. The van der Waals surface area contributed by atoms with Crippen LogP contribution in [0.5, 0.6) is 0 Å². The lowest BCUT2D eigenvalue weighted by Gasteiger charge is -2.35. The minimum atomic E-state index is -0.106. The van der Waals surface area contributed by atoms with E-state index in [1.165, 1.54) is 0 Å². The predicted octanol–water partition coefficient (Wildman–Crippen LogP) is 8.35. The zero-order chi connectivity index (χ0) is 29.4. The summed E-state index contributed by atoms with van der Waals surface area (Å²) in [7, 11) is 0. The zero-order valence-electron chi connectivity index (χ0n) is 24.2. The number of hydrogen-bond donors (Lipinski definition) is 1. The van der Waals surface area contributed by atoms with E-state index in [1.54, 1.807) is 6.07 Å². The van der Waals surface area contributed by atoms with Crippen molar-refractivity contribution in [2.75, 3.05) is 29.9 Å². The lowest BCUT2D eigenvalue weighted by atomic mass is 9.89. The molecule has 0 saturated carbocycles. The van der Waals surface area contributed by atoms with Gasteiger partial charge < -0.3 is 15.1 Å². The summed E-state index contributed by atoms with van der Waals surface area (Å²) in [5.74, 6) is 0.329. The third kappa shape index (κ3) is 7.55. The number of hydrogen-bond acceptors (Lipinski definition) is 4. The first-order valence-electron chi connectivity index (χ1n) is 14.1. The Morgan fingerprint density at radius 1 is 1.15 bits per heavy atom. The third-order valence-corrected chi connectivity index (χ3v) is 7.60. The van der Waals surface area contributed by atoms with Gasteiger partial charge in [-0.15, -0.1) is 0 Å². The second-order valence-electron chi connectivity index (χ2n) is 10.7. The maximum absolute atomic E-state index is 14.4. The highest BCUT2D eigenvalue weighted by molar-refractivity contribution is 5.75. The number of nitrogens with one attached hydrogen (secondary N) is 1. The van der Waals surface area contributed by atoms with Gasteiger partial charge in [0.15, 0.2) is 0 Å². The van der Waals surface area contributed by atoms with Gasteiger partial charge in [-0.3, -0.25) is 0 Å². The van der Waals surface area contributed by atoms with Gasteiger partial charge in [0, 0.05) is 42.8 Å². The van der Waals surface area contributed by atoms with Crippen LogP contribution >= 0.6 is 0 Å². The molecule has 0 radical (unpaired) electrons. The molecule has 0 atom stereocenters. The van der Waals surface area contributed by atoms with Gasteiger partial charge in [0.05, 0.1) is 23.0 Å². The normalized spacial score (nSPS) is 15.9. The maximum atomic E-state index is 14.4. The van der Waals surface area contributed by atoms with Crippen molar-refractivity contribution in [2.24, 2.45) is 5.92 Å². The molecule has 1 N–H and O–H groups in total. The summed E-state index contributed by atoms with van der Waals surface area (Å²) < 4.78 is 14.4. The summed E-state index contributed by atoms with van der Waals surface area (Å²) in [6.07, 6.45) is 16.6. The van der Waals surface area contributed by atoms with Crippen molar-refractivity contribution in [1.29, 1.82) is 5.26 Å². The number of allylic oxidation sites excluding steroid dienone is 5. The number of benzene rings is 2. The Kier molecular flexibility index (Phi) is 9.81. The molecule has 1 fully saturated rings. The lowest BCUT2D eigenvalue weighted by molar-refractivity contribution is 0.398. The highest BCUT2D eigenvalue weighted by atomic mass is 19.1. The summed E-state index contributed by atoms with van der Waals surface area (Å²) in [5.41, 5.74) is 7.59. The van der Waals surface area contributed by atoms with Crippen LogP contribution in [0.25, 0.3) is 0 Å². The van der Waals surface area contributed by atoms with Gasteiger partial charge in [-0.05, 0) is 92.1 Å². The van der Waals surface area contributed by atoms with E-state index in [1.807, 2.05) is 86.8 Å². The first kappa shape index (κ1) is 29.4. The second-order valence-corrected chi connectivity index (χ2v) is 10.7. The van der Waals surface area contributed by atoms with Crippen molar-refractivity contribution >= 4 is 11.4 Å². The van der Waals surface area contributed by atoms with Crippen LogP contribution in [0.4, 0.5) is 15.8 Å². The molecule has 1 saturated heterocycles. The number of piperidine rings is 1. The van der Waals surface area contributed by atoms with E-state index in [9.17, 15) is 9.65 Å². The Morgan fingerprint density at radius 2 is 1.93 bits per heavy atom. The van der Waals surface area contributed by atoms with Crippen LogP contribution in [0.3, 0.4) is 0 Å². The molecule has 0 spiro atoms. The SMILES string of the molecule is C=C(/C=C\C=C/C)CN1C=CC=C(C(=C)Nc2cc(C#N)ccc2N2CCC(Cc3ccc(C)cc3F)CC2)C1=C. The lowest BCUT2D eigenvalue weighted by Crippen LogP contribution is -2.35. The van der Waals surface area contributed by atoms with E-state index >= 15 is 0 Å². The quantitative estimate of drug-likeness (QED) is 0.304. The van der Waals surface area contributed by atoms with Gasteiger partial charge in [0.25, 0.3) is 0 Å². The van der Waals surface area contributed by atoms with E-state index < -0.39 is 0 Å². The van der Waals surface area contributed by atoms with Crippen LogP contribution in [-0.4, -0.2) is 24.5 Å². The first-order valence-corrected chi connectivity index (χ1v) is 14.1. The van der Waals surface area contributed by atoms with E-state index in [2.05, 4.69) is 40.9 Å². The fourth-order valence-corrected chi connectivity index (χ4v) is 5.30. The smallest absolute Gasteiger partial charge is 0.126 e. The van der Waals surface area contributed by atoms with Crippen LogP contribution in [-0.2, 0) is 6.42 Å². The second kappa shape index (κ2) is 13.7. The van der Waals surface area contributed by atoms with Gasteiger partial charge >= 0.3 is 0 Å². The molecule has 0 unspecified atom stereocenters. The Balaban J connectivity index is 1.44. The van der Waals surface area contributed by atoms with Gasteiger partial charge in [0.2, 0.25) is 0 Å². The Labute approximate surface area is 244 Å². The molecule has 2 aromatic rings. The molecule has 0 amide bonds. The molecule has 0 aromatic heterocycles. The summed E-state index contributed by atoms with van der Waals surface area (Å²) >= 11 is 0. The molecule has 210 valence electrons. The van der Waals surface area contributed by atoms with Crippen molar-refractivity contribution < 1.29 is 4.39 Å². The summed E-state index contributed by atoms with van der Waals surface area (Å²) in [4.78, 5) is 4.40. The average Bonchev–Trinajstić information content (AvgIpc) is 2.96. The van der Waals surface area contributed by atoms with Crippen LogP contribution in [0.15, 0.2) is 121 Å². The Hall–Kier alpha value is -4.56. The minimum absolute atomic E-state index is 0.106. The van der Waals surface area contributed by atoms with Crippen LogP contribution in [0.1, 0.15) is 36.5 Å². The predicted molar refractivity (Wildman–Crippen MR) is 170 cm³/mol. The summed E-state index contributed by atoms with van der Waals surface area (Å²) in [6, 6.07) is 13.5. The number of nitriles is 1. The molecular weight excluding hydrogens is 507 g/mol. The fourth-order valence-electron chi connectivity index (χ4n) is 5.30. The average molecular weight is 547 g/mol. The number of rotatable bonds is 10. The van der Waals surface area contributed by atoms with Crippen molar-refractivity contribution in [3.8, 4) is 6.07 Å². The molecule has 4 nitrogen and oxygen atoms in total. The van der Waals surface area contributed by atoms with Crippen molar-refractivity contribution in [3.05, 3.63) is 144 Å². The molecule has 41 heavy (non-hydrogen) atoms. The number of anilines is 2. The van der Waals surface area contributed by atoms with Gasteiger partial charge in [-0.2, -0.15) is 5.26 Å². The highest BCUT2D eigenvalue weighted by Crippen LogP contribution is 2.35. The molecule has 4 rings (SSSR count). The molecule has 2 heterocycles. The Bertz CT molecular complexity index is 1480. The van der Waals surface area contributed by atoms with E-state index in [4.69, 9.17) is 0 Å². The minimum Gasteiger partial charge on any atom is -0.370 e. The summed E-state index contributed by atoms with van der Waals surface area (Å²) in [6.45, 7) is 19.0. The largest absolute Gasteiger partial charge is 0.370 e. The highest BCUT2D eigenvalue weighted by Gasteiger charge is 2.24. The number of aryl methyl sites for hydroxylation is 1. The maximum Gasteiger partial charge on any atom is 0.126 e.